The maximum Gasteiger partial charge on any atom is 0.188 e. The summed E-state index contributed by atoms with van der Waals surface area (Å²) in [7, 11) is 3.26. The fraction of sp³-hybridized carbons (Fsp3) is 0.304. The lowest BCUT2D eigenvalue weighted by molar-refractivity contribution is 0.354. The van der Waals surface area contributed by atoms with Gasteiger partial charge in [0.2, 0.25) is 0 Å². The molecule has 2 aromatic carbocycles. The minimum Gasteiger partial charge on any atom is -0.493 e. The van der Waals surface area contributed by atoms with Gasteiger partial charge in [-0.15, -0.1) is 0 Å². The second-order valence-electron chi connectivity index (χ2n) is 6.99. The van der Waals surface area contributed by atoms with E-state index < -0.39 is 0 Å². The van der Waals surface area contributed by atoms with E-state index in [1.54, 1.807) is 14.2 Å². The second-order valence-corrected chi connectivity index (χ2v) is 6.99. The second kappa shape index (κ2) is 10.3. The van der Waals surface area contributed by atoms with Gasteiger partial charge in [-0.05, 0) is 42.2 Å². The summed E-state index contributed by atoms with van der Waals surface area (Å²) in [6.07, 6.45) is 4.61. The molecule has 1 aromatic heterocycles. The summed E-state index contributed by atoms with van der Waals surface area (Å²) in [4.78, 5) is 8.73. The third-order valence-corrected chi connectivity index (χ3v) is 4.87. The van der Waals surface area contributed by atoms with Gasteiger partial charge in [0.25, 0.3) is 0 Å². The molecule has 1 heterocycles. The van der Waals surface area contributed by atoms with E-state index in [9.17, 15) is 0 Å². The van der Waals surface area contributed by atoms with Crippen LogP contribution in [0.25, 0.3) is 0 Å². The van der Waals surface area contributed by atoms with Gasteiger partial charge in [-0.25, -0.2) is 9.98 Å². The molecule has 0 saturated heterocycles. The molecule has 0 aliphatic rings. The Labute approximate surface area is 177 Å². The van der Waals surface area contributed by atoms with Crippen molar-refractivity contribution in [2.45, 2.75) is 26.4 Å². The van der Waals surface area contributed by atoms with E-state index in [1.165, 1.54) is 5.56 Å². The van der Waals surface area contributed by atoms with Crippen LogP contribution in [0.2, 0.25) is 0 Å². The number of nitrogens with one attached hydrogen (secondary N) is 1. The number of benzene rings is 2. The van der Waals surface area contributed by atoms with Gasteiger partial charge in [0.15, 0.2) is 17.5 Å². The Kier molecular flexibility index (Phi) is 7.32. The summed E-state index contributed by atoms with van der Waals surface area (Å²) >= 11 is 0. The van der Waals surface area contributed by atoms with E-state index in [0.717, 1.165) is 41.4 Å². The minimum atomic E-state index is 0.436. The molecule has 3 N–H and O–H groups in total. The van der Waals surface area contributed by atoms with Crippen LogP contribution in [0, 0.1) is 6.92 Å². The summed E-state index contributed by atoms with van der Waals surface area (Å²) in [6.45, 7) is 4.02. The van der Waals surface area contributed by atoms with Gasteiger partial charge in [0, 0.05) is 25.5 Å². The van der Waals surface area contributed by atoms with Gasteiger partial charge in [0.05, 0.1) is 20.8 Å². The van der Waals surface area contributed by atoms with Crippen LogP contribution < -0.4 is 20.5 Å². The number of ether oxygens (including phenoxy) is 2. The first-order valence-corrected chi connectivity index (χ1v) is 9.89. The van der Waals surface area contributed by atoms with Crippen molar-refractivity contribution in [2.24, 2.45) is 10.7 Å². The summed E-state index contributed by atoms with van der Waals surface area (Å²) in [6, 6.07) is 14.3. The number of aliphatic imine (C=N–C) groups is 1. The molecule has 0 bridgehead atoms. The van der Waals surface area contributed by atoms with Crippen molar-refractivity contribution in [3.63, 3.8) is 0 Å². The molecule has 0 aliphatic heterocycles. The number of guanidine groups is 1. The number of hydrogen-bond donors (Lipinski definition) is 2. The molecule has 0 amide bonds. The number of hydrogen-bond acceptors (Lipinski definition) is 4. The van der Waals surface area contributed by atoms with Crippen LogP contribution in [0.3, 0.4) is 0 Å². The molecule has 158 valence electrons. The minimum absolute atomic E-state index is 0.436. The van der Waals surface area contributed by atoms with E-state index in [4.69, 9.17) is 15.2 Å². The number of rotatable bonds is 9. The Hall–Kier alpha value is -3.48. The number of aromatic nitrogens is 2. The topological polar surface area (TPSA) is 86.7 Å². The van der Waals surface area contributed by atoms with Gasteiger partial charge >= 0.3 is 0 Å². The fourth-order valence-corrected chi connectivity index (χ4v) is 3.20. The predicted molar refractivity (Wildman–Crippen MR) is 119 cm³/mol. The average Bonchev–Trinajstić information content (AvgIpc) is 3.16. The van der Waals surface area contributed by atoms with Gasteiger partial charge in [-0.3, -0.25) is 0 Å². The van der Waals surface area contributed by atoms with Crippen LogP contribution in [0.5, 0.6) is 11.5 Å². The fourth-order valence-electron chi connectivity index (χ4n) is 3.20. The summed E-state index contributed by atoms with van der Waals surface area (Å²) in [5.41, 5.74) is 9.50. The predicted octanol–water partition coefficient (Wildman–Crippen LogP) is 2.90. The summed E-state index contributed by atoms with van der Waals surface area (Å²) in [5, 5.41) is 3.17. The van der Waals surface area contributed by atoms with Gasteiger partial charge in [0.1, 0.15) is 5.82 Å². The first-order valence-electron chi connectivity index (χ1n) is 9.89. The maximum atomic E-state index is 6.04. The molecule has 30 heavy (non-hydrogen) atoms. The molecule has 3 rings (SSSR count). The third-order valence-electron chi connectivity index (χ3n) is 4.87. The van der Waals surface area contributed by atoms with Crippen molar-refractivity contribution in [1.29, 1.82) is 0 Å². The Balaban J connectivity index is 1.50. The number of nitrogens with two attached hydrogens (primary N) is 1. The molecule has 0 saturated carbocycles. The Morgan fingerprint density at radius 1 is 1.07 bits per heavy atom. The number of nitrogens with zero attached hydrogens (tertiary/aromatic N) is 3. The lowest BCUT2D eigenvalue weighted by Gasteiger charge is -2.10. The summed E-state index contributed by atoms with van der Waals surface area (Å²) in [5.74, 6) is 2.89. The molecule has 0 atom stereocenters. The van der Waals surface area contributed by atoms with Crippen LogP contribution in [0.4, 0.5) is 0 Å². The molecule has 0 radical (unpaired) electrons. The molecular formula is C23H29N5O2. The van der Waals surface area contributed by atoms with Crippen molar-refractivity contribution in [3.05, 3.63) is 77.4 Å². The van der Waals surface area contributed by atoms with Crippen LogP contribution >= 0.6 is 0 Å². The molecule has 7 heteroatoms. The zero-order valence-corrected chi connectivity index (χ0v) is 17.8. The van der Waals surface area contributed by atoms with Crippen LogP contribution in [-0.4, -0.2) is 36.3 Å². The molecule has 3 aromatic rings. The lowest BCUT2D eigenvalue weighted by atomic mass is 10.1. The van der Waals surface area contributed by atoms with Crippen LogP contribution in [-0.2, 0) is 19.5 Å². The highest BCUT2D eigenvalue weighted by atomic mass is 16.5. The zero-order chi connectivity index (χ0) is 21.3. The Bertz CT molecular complexity index is 997. The van der Waals surface area contributed by atoms with E-state index in [-0.39, 0.29) is 0 Å². The molecule has 0 aliphatic carbocycles. The summed E-state index contributed by atoms with van der Waals surface area (Å²) < 4.78 is 12.7. The third kappa shape index (κ3) is 5.76. The monoisotopic (exact) mass is 407 g/mol. The molecule has 0 fully saturated rings. The van der Waals surface area contributed by atoms with Crippen molar-refractivity contribution >= 4 is 5.96 Å². The zero-order valence-electron chi connectivity index (χ0n) is 17.8. The van der Waals surface area contributed by atoms with Crippen LogP contribution in [0.15, 0.2) is 59.9 Å². The molecular weight excluding hydrogens is 378 g/mol. The first kappa shape index (κ1) is 21.2. The van der Waals surface area contributed by atoms with E-state index in [1.807, 2.05) is 43.6 Å². The van der Waals surface area contributed by atoms with Crippen molar-refractivity contribution in [1.82, 2.24) is 14.9 Å². The number of aryl methyl sites for hydroxylation is 1. The SMILES string of the molecule is COc1ccc(CCNC(N)=NCc2cccc(Cn3ccnc3C)c2)cc1OC. The number of methoxy groups -OCH3 is 2. The molecule has 0 unspecified atom stereocenters. The number of imidazole rings is 1. The highest BCUT2D eigenvalue weighted by Crippen LogP contribution is 2.27. The van der Waals surface area contributed by atoms with E-state index in [0.29, 0.717) is 19.0 Å². The highest BCUT2D eigenvalue weighted by Gasteiger charge is 2.05. The quantitative estimate of drug-likeness (QED) is 0.421. The van der Waals surface area contributed by atoms with Crippen molar-refractivity contribution in [3.8, 4) is 11.5 Å². The lowest BCUT2D eigenvalue weighted by Crippen LogP contribution is -2.33. The van der Waals surface area contributed by atoms with Crippen LogP contribution in [0.1, 0.15) is 22.5 Å². The highest BCUT2D eigenvalue weighted by molar-refractivity contribution is 5.77. The normalized spacial score (nSPS) is 11.4. The van der Waals surface area contributed by atoms with Crippen molar-refractivity contribution in [2.75, 3.05) is 20.8 Å². The Morgan fingerprint density at radius 2 is 1.87 bits per heavy atom. The van der Waals surface area contributed by atoms with E-state index >= 15 is 0 Å². The first-order chi connectivity index (χ1) is 14.6. The molecule has 7 nitrogen and oxygen atoms in total. The Morgan fingerprint density at radius 3 is 2.60 bits per heavy atom. The maximum absolute atomic E-state index is 6.04. The van der Waals surface area contributed by atoms with Gasteiger partial charge in [-0.1, -0.05) is 30.3 Å². The molecule has 0 spiro atoms. The smallest absolute Gasteiger partial charge is 0.188 e. The van der Waals surface area contributed by atoms with Gasteiger partial charge in [-0.2, -0.15) is 0 Å². The van der Waals surface area contributed by atoms with Gasteiger partial charge < -0.3 is 25.1 Å². The van der Waals surface area contributed by atoms with Crippen molar-refractivity contribution < 1.29 is 9.47 Å². The largest absolute Gasteiger partial charge is 0.493 e. The van der Waals surface area contributed by atoms with E-state index in [2.05, 4.69) is 38.1 Å². The average molecular weight is 408 g/mol. The standard InChI is InChI=1S/C23H29N5O2/c1-17-25-11-12-28(17)16-20-6-4-5-19(13-20)15-27-23(24)26-10-9-18-7-8-21(29-2)22(14-18)30-3/h4-8,11-14H,9-10,15-16H2,1-3H3,(H3,24,26,27).